The summed E-state index contributed by atoms with van der Waals surface area (Å²) in [6, 6.07) is 0. The van der Waals surface area contributed by atoms with Crippen molar-refractivity contribution in [2.75, 3.05) is 17.7 Å². The predicted molar refractivity (Wildman–Crippen MR) is 49.5 cm³/mol. The fourth-order valence-corrected chi connectivity index (χ4v) is 1.62. The van der Waals surface area contributed by atoms with Gasteiger partial charge in [-0.15, -0.1) is 0 Å². The first kappa shape index (κ1) is 9.05. The highest BCUT2D eigenvalue weighted by atomic mass is 127. The molecule has 0 spiro atoms. The van der Waals surface area contributed by atoms with E-state index in [1.807, 2.05) is 6.92 Å². The molecule has 1 heterocycles. The minimum absolute atomic E-state index is 0.0851. The lowest BCUT2D eigenvalue weighted by molar-refractivity contribution is 0.146. The van der Waals surface area contributed by atoms with E-state index < -0.39 is 0 Å². The summed E-state index contributed by atoms with van der Waals surface area (Å²) >= 11 is 2.21. The number of hydrogen-bond donors (Lipinski definition) is 1. The van der Waals surface area contributed by atoms with Crippen molar-refractivity contribution in [3.8, 4) is 0 Å². The number of nitrogens with one attached hydrogen (secondary N) is 1. The summed E-state index contributed by atoms with van der Waals surface area (Å²) in [6.45, 7) is 3.17. The molecular formula is C6H11IN2O2. The Morgan fingerprint density at radius 2 is 2.64 bits per heavy atom. The highest BCUT2D eigenvalue weighted by molar-refractivity contribution is 14.1. The molecule has 0 aromatic rings. The molecule has 1 rings (SSSR count). The first-order valence-corrected chi connectivity index (χ1v) is 5.01. The van der Waals surface area contributed by atoms with Gasteiger partial charge >= 0.3 is 6.09 Å². The number of halogens is 1. The molecule has 1 unspecified atom stereocenters. The zero-order chi connectivity index (χ0) is 8.27. The van der Waals surface area contributed by atoms with E-state index in [4.69, 9.17) is 4.74 Å². The van der Waals surface area contributed by atoms with E-state index in [1.165, 1.54) is 0 Å². The Hall–Kier alpha value is -0.0400. The third-order valence-corrected chi connectivity index (χ3v) is 2.07. The van der Waals surface area contributed by atoms with E-state index in [0.29, 0.717) is 13.2 Å². The topological polar surface area (TPSA) is 41.6 Å². The SMILES string of the molecule is CC(NCI)N1CCOC1=O. The van der Waals surface area contributed by atoms with Crippen LogP contribution in [0.2, 0.25) is 0 Å². The summed E-state index contributed by atoms with van der Waals surface area (Å²) in [4.78, 5) is 12.6. The van der Waals surface area contributed by atoms with Gasteiger partial charge in [0.2, 0.25) is 0 Å². The van der Waals surface area contributed by atoms with Crippen molar-refractivity contribution in [1.82, 2.24) is 10.2 Å². The quantitative estimate of drug-likeness (QED) is 0.468. The molecule has 1 amide bonds. The number of nitrogens with zero attached hydrogens (tertiary/aromatic N) is 1. The maximum atomic E-state index is 11.0. The Morgan fingerprint density at radius 3 is 3.09 bits per heavy atom. The highest BCUT2D eigenvalue weighted by Crippen LogP contribution is 2.06. The number of alkyl halides is 1. The molecule has 1 atom stereocenters. The van der Waals surface area contributed by atoms with Crippen LogP contribution in [0.1, 0.15) is 6.92 Å². The smallest absolute Gasteiger partial charge is 0.411 e. The Kier molecular flexibility index (Phi) is 3.38. The van der Waals surface area contributed by atoms with Crippen LogP contribution in [0.3, 0.4) is 0 Å². The number of ether oxygens (including phenoxy) is 1. The molecule has 1 N–H and O–H groups in total. The molecule has 1 aliphatic rings. The van der Waals surface area contributed by atoms with Crippen LogP contribution in [0.4, 0.5) is 4.79 Å². The number of cyclic esters (lactones) is 1. The lowest BCUT2D eigenvalue weighted by Gasteiger charge is -2.21. The average molecular weight is 270 g/mol. The van der Waals surface area contributed by atoms with Crippen LogP contribution >= 0.6 is 22.6 Å². The summed E-state index contributed by atoms with van der Waals surface area (Å²) in [7, 11) is 0. The van der Waals surface area contributed by atoms with E-state index in [1.54, 1.807) is 4.90 Å². The second kappa shape index (κ2) is 4.10. The number of carbonyl (C=O) groups excluding carboxylic acids is 1. The summed E-state index contributed by atoms with van der Waals surface area (Å²) in [6.07, 6.45) is -0.128. The number of amides is 1. The van der Waals surface area contributed by atoms with Crippen LogP contribution in [0.15, 0.2) is 0 Å². The van der Waals surface area contributed by atoms with E-state index in [-0.39, 0.29) is 12.3 Å². The lowest BCUT2D eigenvalue weighted by atomic mass is 10.5. The molecule has 1 aliphatic heterocycles. The Morgan fingerprint density at radius 1 is 1.91 bits per heavy atom. The van der Waals surface area contributed by atoms with Gasteiger partial charge in [0.15, 0.2) is 0 Å². The van der Waals surface area contributed by atoms with Crippen molar-refractivity contribution in [3.63, 3.8) is 0 Å². The molecule has 1 fully saturated rings. The van der Waals surface area contributed by atoms with E-state index >= 15 is 0 Å². The van der Waals surface area contributed by atoms with Crippen molar-refractivity contribution < 1.29 is 9.53 Å². The highest BCUT2D eigenvalue weighted by Gasteiger charge is 2.25. The van der Waals surface area contributed by atoms with Gasteiger partial charge in [0.25, 0.3) is 0 Å². The minimum Gasteiger partial charge on any atom is -0.447 e. The molecule has 0 radical (unpaired) electrons. The van der Waals surface area contributed by atoms with Gasteiger partial charge in [-0.05, 0) is 6.92 Å². The van der Waals surface area contributed by atoms with Gasteiger partial charge in [-0.1, -0.05) is 22.6 Å². The Bertz CT molecular complexity index is 154. The standard InChI is InChI=1S/C6H11IN2O2/c1-5(8-4-7)9-2-3-11-6(9)10/h5,8H,2-4H2,1H3. The van der Waals surface area contributed by atoms with Gasteiger partial charge in [0, 0.05) is 4.55 Å². The Balaban J connectivity index is 2.39. The monoisotopic (exact) mass is 270 g/mol. The third kappa shape index (κ3) is 2.19. The largest absolute Gasteiger partial charge is 0.447 e. The van der Waals surface area contributed by atoms with Crippen LogP contribution in [-0.4, -0.2) is 34.9 Å². The van der Waals surface area contributed by atoms with Gasteiger partial charge < -0.3 is 4.74 Å². The first-order chi connectivity index (χ1) is 5.25. The summed E-state index contributed by atoms with van der Waals surface area (Å²) < 4.78 is 5.61. The Labute approximate surface area is 79.4 Å². The molecule has 0 bridgehead atoms. The van der Waals surface area contributed by atoms with Gasteiger partial charge in [0.05, 0.1) is 12.7 Å². The number of carbonyl (C=O) groups is 1. The van der Waals surface area contributed by atoms with Crippen LogP contribution < -0.4 is 5.32 Å². The summed E-state index contributed by atoms with van der Waals surface area (Å²) in [5.74, 6) is 0. The number of hydrogen-bond acceptors (Lipinski definition) is 3. The maximum Gasteiger partial charge on any atom is 0.411 e. The molecule has 0 saturated carbocycles. The van der Waals surface area contributed by atoms with Gasteiger partial charge in [-0.25, -0.2) is 4.79 Å². The molecule has 11 heavy (non-hydrogen) atoms. The molecule has 64 valence electrons. The minimum atomic E-state index is -0.213. The molecular weight excluding hydrogens is 259 g/mol. The fourth-order valence-electron chi connectivity index (χ4n) is 0.979. The zero-order valence-electron chi connectivity index (χ0n) is 6.34. The molecule has 0 aliphatic carbocycles. The first-order valence-electron chi connectivity index (χ1n) is 3.48. The van der Waals surface area contributed by atoms with Gasteiger partial charge in [-0.2, -0.15) is 0 Å². The van der Waals surface area contributed by atoms with Crippen LogP contribution in [0.5, 0.6) is 0 Å². The molecule has 5 heteroatoms. The zero-order valence-corrected chi connectivity index (χ0v) is 8.50. The van der Waals surface area contributed by atoms with Crippen molar-refractivity contribution in [3.05, 3.63) is 0 Å². The van der Waals surface area contributed by atoms with E-state index in [9.17, 15) is 4.79 Å². The van der Waals surface area contributed by atoms with Crippen LogP contribution in [-0.2, 0) is 4.74 Å². The fraction of sp³-hybridized carbons (Fsp3) is 0.833. The molecule has 1 saturated heterocycles. The lowest BCUT2D eigenvalue weighted by Crippen LogP contribution is -2.43. The third-order valence-electron chi connectivity index (χ3n) is 1.63. The summed E-state index contributed by atoms with van der Waals surface area (Å²) in [5, 5.41) is 3.13. The second-order valence-corrected chi connectivity index (χ2v) is 3.08. The van der Waals surface area contributed by atoms with Crippen molar-refractivity contribution >= 4 is 28.7 Å². The van der Waals surface area contributed by atoms with Crippen molar-refractivity contribution in [2.45, 2.75) is 13.1 Å². The normalized spacial score (nSPS) is 20.2. The van der Waals surface area contributed by atoms with E-state index in [0.717, 1.165) is 4.55 Å². The second-order valence-electron chi connectivity index (χ2n) is 2.32. The van der Waals surface area contributed by atoms with Crippen molar-refractivity contribution in [2.24, 2.45) is 0 Å². The predicted octanol–water partition coefficient (Wildman–Crippen LogP) is 0.767. The van der Waals surface area contributed by atoms with Crippen LogP contribution in [0.25, 0.3) is 0 Å². The van der Waals surface area contributed by atoms with E-state index in [2.05, 4.69) is 27.9 Å². The van der Waals surface area contributed by atoms with Crippen molar-refractivity contribution in [1.29, 1.82) is 0 Å². The molecule has 0 aromatic carbocycles. The maximum absolute atomic E-state index is 11.0. The molecule has 4 nitrogen and oxygen atoms in total. The van der Waals surface area contributed by atoms with Crippen LogP contribution in [0, 0.1) is 0 Å². The van der Waals surface area contributed by atoms with Gasteiger partial charge in [-0.3, -0.25) is 10.2 Å². The summed E-state index contributed by atoms with van der Waals surface area (Å²) in [5.41, 5.74) is 0. The average Bonchev–Trinajstić information content (AvgIpc) is 2.36. The molecule has 0 aromatic heterocycles. The van der Waals surface area contributed by atoms with Gasteiger partial charge in [0.1, 0.15) is 6.61 Å². The number of rotatable bonds is 3.